The molecule has 2 aromatic rings. The number of amides is 2. The predicted molar refractivity (Wildman–Crippen MR) is 95.4 cm³/mol. The summed E-state index contributed by atoms with van der Waals surface area (Å²) in [5.74, 6) is -0.235. The molecule has 6 heteroatoms. The molecule has 5 nitrogen and oxygen atoms in total. The van der Waals surface area contributed by atoms with E-state index in [0.29, 0.717) is 29.4 Å². The molecule has 0 aliphatic rings. The largest absolute Gasteiger partial charge is 0.355 e. The van der Waals surface area contributed by atoms with Gasteiger partial charge in [0.2, 0.25) is 0 Å². The Morgan fingerprint density at radius 3 is 2.46 bits per heavy atom. The molecule has 0 radical (unpaired) electrons. The first-order chi connectivity index (χ1) is 11.5. The minimum atomic E-state index is -0.154. The van der Waals surface area contributed by atoms with Crippen LogP contribution in [0.4, 0.5) is 5.69 Å². The number of halogens is 1. The van der Waals surface area contributed by atoms with Crippen LogP contribution in [-0.2, 0) is 11.3 Å². The lowest BCUT2D eigenvalue weighted by atomic mass is 10.2. The zero-order chi connectivity index (χ0) is 17.5. The van der Waals surface area contributed by atoms with Crippen LogP contribution < -0.4 is 15.5 Å². The summed E-state index contributed by atoms with van der Waals surface area (Å²) in [6.07, 6.45) is 0. The van der Waals surface area contributed by atoms with E-state index in [1.807, 2.05) is 31.3 Å². The van der Waals surface area contributed by atoms with Crippen molar-refractivity contribution < 1.29 is 14.5 Å². The fraction of sp³-hybridized carbons (Fsp3) is 0.222. The molecule has 1 unspecified atom stereocenters. The van der Waals surface area contributed by atoms with Gasteiger partial charge in [-0.1, -0.05) is 23.7 Å². The molecule has 0 bridgehead atoms. The Morgan fingerprint density at radius 1 is 1.12 bits per heavy atom. The summed E-state index contributed by atoms with van der Waals surface area (Å²) in [5, 5.41) is 6.09. The minimum Gasteiger partial charge on any atom is -0.355 e. The van der Waals surface area contributed by atoms with Crippen molar-refractivity contribution in [1.82, 2.24) is 5.32 Å². The number of carbonyl (C=O) groups excluding carboxylic acids is 2. The van der Waals surface area contributed by atoms with Gasteiger partial charge in [-0.15, -0.1) is 0 Å². The topological polar surface area (TPSA) is 62.6 Å². The second-order valence-corrected chi connectivity index (χ2v) is 6.08. The van der Waals surface area contributed by atoms with Gasteiger partial charge in [-0.05, 0) is 36.4 Å². The highest BCUT2D eigenvalue weighted by atomic mass is 35.5. The molecule has 0 heterocycles. The van der Waals surface area contributed by atoms with E-state index in [2.05, 4.69) is 10.6 Å². The summed E-state index contributed by atoms with van der Waals surface area (Å²) in [7, 11) is 3.53. The first kappa shape index (κ1) is 18.0. The zero-order valence-corrected chi connectivity index (χ0v) is 14.5. The molecule has 0 spiro atoms. The Balaban J connectivity index is 1.87. The van der Waals surface area contributed by atoms with Crippen molar-refractivity contribution in [2.45, 2.75) is 6.54 Å². The molecule has 3 N–H and O–H groups in total. The molecule has 126 valence electrons. The highest BCUT2D eigenvalue weighted by molar-refractivity contribution is 6.30. The van der Waals surface area contributed by atoms with Crippen molar-refractivity contribution >= 4 is 29.1 Å². The van der Waals surface area contributed by atoms with Crippen LogP contribution in [0.1, 0.15) is 15.9 Å². The van der Waals surface area contributed by atoms with Crippen molar-refractivity contribution in [3.8, 4) is 0 Å². The Bertz CT molecular complexity index is 716. The number of carbonyl (C=O) groups is 2. The van der Waals surface area contributed by atoms with Crippen molar-refractivity contribution in [2.24, 2.45) is 0 Å². The third-order valence-electron chi connectivity index (χ3n) is 3.52. The van der Waals surface area contributed by atoms with E-state index in [1.165, 1.54) is 0 Å². The molecule has 0 aromatic heterocycles. The highest BCUT2D eigenvalue weighted by Gasteiger charge is 2.11. The fourth-order valence-electron chi connectivity index (χ4n) is 2.39. The maximum Gasteiger partial charge on any atom is 0.279 e. The van der Waals surface area contributed by atoms with E-state index >= 15 is 0 Å². The van der Waals surface area contributed by atoms with E-state index in [0.717, 1.165) is 10.5 Å². The molecule has 2 amide bonds. The van der Waals surface area contributed by atoms with E-state index in [4.69, 9.17) is 11.6 Å². The second kappa shape index (κ2) is 8.47. The normalized spacial score (nSPS) is 11.6. The van der Waals surface area contributed by atoms with Gasteiger partial charge in [-0.2, -0.15) is 0 Å². The van der Waals surface area contributed by atoms with Gasteiger partial charge in [0.05, 0.1) is 7.05 Å². The molecule has 0 saturated carbocycles. The molecule has 0 saturated heterocycles. The van der Waals surface area contributed by atoms with Gasteiger partial charge in [-0.3, -0.25) is 9.59 Å². The molecular weight excluding hydrogens is 326 g/mol. The van der Waals surface area contributed by atoms with Crippen molar-refractivity contribution in [3.05, 3.63) is 64.7 Å². The number of anilines is 1. The van der Waals surface area contributed by atoms with E-state index in [1.54, 1.807) is 31.3 Å². The SMILES string of the molecule is CNC(=O)c1ccc(NC(=O)C[NH+](C)Cc2cccc(Cl)c2)cc1. The predicted octanol–water partition coefficient (Wildman–Crippen LogP) is 1.35. The van der Waals surface area contributed by atoms with Crippen LogP contribution in [-0.4, -0.2) is 32.5 Å². The lowest BCUT2D eigenvalue weighted by Crippen LogP contribution is -3.08. The van der Waals surface area contributed by atoms with Crippen LogP contribution in [0.3, 0.4) is 0 Å². The fourth-order valence-corrected chi connectivity index (χ4v) is 2.60. The molecule has 24 heavy (non-hydrogen) atoms. The van der Waals surface area contributed by atoms with Crippen LogP contribution in [0.25, 0.3) is 0 Å². The lowest BCUT2D eigenvalue weighted by Gasteiger charge is -2.14. The molecule has 0 aliphatic carbocycles. The van der Waals surface area contributed by atoms with Crippen molar-refractivity contribution in [1.29, 1.82) is 0 Å². The number of benzene rings is 2. The third-order valence-corrected chi connectivity index (χ3v) is 3.75. The summed E-state index contributed by atoms with van der Waals surface area (Å²) in [5.41, 5.74) is 2.31. The third kappa shape index (κ3) is 5.37. The monoisotopic (exact) mass is 346 g/mol. The van der Waals surface area contributed by atoms with E-state index < -0.39 is 0 Å². The van der Waals surface area contributed by atoms with Crippen molar-refractivity contribution in [3.63, 3.8) is 0 Å². The second-order valence-electron chi connectivity index (χ2n) is 5.65. The zero-order valence-electron chi connectivity index (χ0n) is 13.7. The van der Waals surface area contributed by atoms with Gasteiger partial charge in [0.25, 0.3) is 11.8 Å². The average molecular weight is 347 g/mol. The first-order valence-electron chi connectivity index (χ1n) is 7.65. The maximum atomic E-state index is 12.1. The number of likely N-dealkylation sites (N-methyl/N-ethyl adjacent to an activating group) is 1. The quantitative estimate of drug-likeness (QED) is 0.739. The average Bonchev–Trinajstić information content (AvgIpc) is 2.54. The van der Waals surface area contributed by atoms with Gasteiger partial charge >= 0.3 is 0 Å². The van der Waals surface area contributed by atoms with E-state index in [9.17, 15) is 9.59 Å². The first-order valence-corrected chi connectivity index (χ1v) is 8.03. The molecule has 0 fully saturated rings. The maximum absolute atomic E-state index is 12.1. The summed E-state index contributed by atoms with van der Waals surface area (Å²) >= 11 is 5.97. The lowest BCUT2D eigenvalue weighted by molar-refractivity contribution is -0.885. The van der Waals surface area contributed by atoms with Crippen LogP contribution in [0.5, 0.6) is 0 Å². The van der Waals surface area contributed by atoms with Gasteiger partial charge in [0, 0.05) is 28.9 Å². The Labute approximate surface area is 146 Å². The van der Waals surface area contributed by atoms with Gasteiger partial charge < -0.3 is 15.5 Å². The van der Waals surface area contributed by atoms with E-state index in [-0.39, 0.29) is 11.8 Å². The Kier molecular flexibility index (Phi) is 6.35. The smallest absolute Gasteiger partial charge is 0.279 e. The molecule has 2 aromatic carbocycles. The minimum absolute atomic E-state index is 0.0813. The summed E-state index contributed by atoms with van der Waals surface area (Å²) in [6, 6.07) is 14.4. The van der Waals surface area contributed by atoms with Gasteiger partial charge in [-0.25, -0.2) is 0 Å². The summed E-state index contributed by atoms with van der Waals surface area (Å²) in [4.78, 5) is 24.6. The highest BCUT2D eigenvalue weighted by Crippen LogP contribution is 2.10. The van der Waals surface area contributed by atoms with Gasteiger partial charge in [0.1, 0.15) is 6.54 Å². The molecule has 2 rings (SSSR count). The number of rotatable bonds is 6. The number of hydrogen-bond acceptors (Lipinski definition) is 2. The molecule has 1 atom stereocenters. The Hall–Kier alpha value is -2.37. The van der Waals surface area contributed by atoms with Crippen LogP contribution >= 0.6 is 11.6 Å². The summed E-state index contributed by atoms with van der Waals surface area (Å²) < 4.78 is 0. The Morgan fingerprint density at radius 2 is 1.83 bits per heavy atom. The van der Waals surface area contributed by atoms with Crippen molar-refractivity contribution in [2.75, 3.05) is 26.0 Å². The number of quaternary nitrogens is 1. The van der Waals surface area contributed by atoms with Crippen LogP contribution in [0.15, 0.2) is 48.5 Å². The number of hydrogen-bond donors (Lipinski definition) is 3. The molecule has 0 aliphatic heterocycles. The standard InChI is InChI=1S/C18H20ClN3O2/c1-20-18(24)14-6-8-16(9-7-14)21-17(23)12-22(2)11-13-4-3-5-15(19)10-13/h3-10H,11-12H2,1-2H3,(H,20,24)(H,21,23)/p+1. The van der Waals surface area contributed by atoms with Crippen LogP contribution in [0, 0.1) is 0 Å². The van der Waals surface area contributed by atoms with Gasteiger partial charge in [0.15, 0.2) is 6.54 Å². The summed E-state index contributed by atoms with van der Waals surface area (Å²) in [6.45, 7) is 1.05. The molecular formula is C18H21ClN3O2+. The van der Waals surface area contributed by atoms with Crippen LogP contribution in [0.2, 0.25) is 5.02 Å². The number of nitrogens with one attached hydrogen (secondary N) is 3.